The normalized spacial score (nSPS) is 13.5. The number of methoxy groups -OCH3 is 1. The van der Waals surface area contributed by atoms with Crippen LogP contribution in [0.3, 0.4) is 0 Å². The van der Waals surface area contributed by atoms with Crippen molar-refractivity contribution in [2.75, 3.05) is 20.3 Å². The molecule has 0 aliphatic heterocycles. The quantitative estimate of drug-likeness (QED) is 0.597. The molecule has 0 bridgehead atoms. The number of hydrogen-bond acceptors (Lipinski definition) is 3. The first kappa shape index (κ1) is 18.5. The Bertz CT molecular complexity index is 893. The molecular formula is C20H22ClN3O2. The maximum absolute atomic E-state index is 12.2. The fourth-order valence-corrected chi connectivity index (χ4v) is 3.38. The van der Waals surface area contributed by atoms with Gasteiger partial charge in [0.1, 0.15) is 6.04 Å². The highest BCUT2D eigenvalue weighted by Crippen LogP contribution is 2.34. The van der Waals surface area contributed by atoms with Gasteiger partial charge < -0.3 is 20.8 Å². The van der Waals surface area contributed by atoms with Gasteiger partial charge in [0, 0.05) is 41.7 Å². The first-order valence-electron chi connectivity index (χ1n) is 8.44. The number of aromatic nitrogens is 1. The van der Waals surface area contributed by atoms with E-state index in [-0.39, 0.29) is 18.4 Å². The predicted octanol–water partition coefficient (Wildman–Crippen LogP) is 3.04. The molecule has 0 radical (unpaired) electrons. The summed E-state index contributed by atoms with van der Waals surface area (Å²) in [6, 6.07) is 15.0. The molecule has 0 aliphatic carbocycles. The summed E-state index contributed by atoms with van der Waals surface area (Å²) in [5, 5.41) is 4.70. The third kappa shape index (κ3) is 3.90. The van der Waals surface area contributed by atoms with E-state index in [0.717, 1.165) is 22.0 Å². The average Bonchev–Trinajstić information content (AvgIpc) is 3.07. The zero-order valence-corrected chi connectivity index (χ0v) is 15.3. The number of aromatic amines is 1. The molecule has 0 saturated carbocycles. The number of H-pyrrole nitrogens is 1. The standard InChI is InChI=1S/C20H22ClN3O2/c1-26-12-18(22)20(25)24-11-15(13-6-2-4-8-17(13)21)16-10-23-19-9-5-3-7-14(16)19/h2-10,15,18,23H,11-12,22H2,1H3,(H,24,25). The second kappa shape index (κ2) is 8.36. The van der Waals surface area contributed by atoms with Crippen LogP contribution in [0, 0.1) is 0 Å². The Morgan fingerprint density at radius 2 is 1.92 bits per heavy atom. The van der Waals surface area contributed by atoms with Crippen LogP contribution >= 0.6 is 11.6 Å². The largest absolute Gasteiger partial charge is 0.383 e. The SMILES string of the molecule is COCC(N)C(=O)NCC(c1ccccc1Cl)c1c[nH]c2ccccc12. The number of fused-ring (bicyclic) bond motifs is 1. The topological polar surface area (TPSA) is 80.1 Å². The van der Waals surface area contributed by atoms with E-state index in [0.29, 0.717) is 11.6 Å². The number of ether oxygens (including phenoxy) is 1. The van der Waals surface area contributed by atoms with Crippen molar-refractivity contribution in [2.45, 2.75) is 12.0 Å². The molecule has 0 aliphatic rings. The molecule has 1 aromatic heterocycles. The minimum absolute atomic E-state index is 0.0986. The molecule has 3 aromatic rings. The van der Waals surface area contributed by atoms with Gasteiger partial charge in [0.05, 0.1) is 6.61 Å². The lowest BCUT2D eigenvalue weighted by Gasteiger charge is -2.20. The molecule has 0 saturated heterocycles. The molecule has 1 heterocycles. The monoisotopic (exact) mass is 371 g/mol. The highest BCUT2D eigenvalue weighted by Gasteiger charge is 2.22. The molecule has 0 fully saturated rings. The van der Waals surface area contributed by atoms with Gasteiger partial charge in [-0.15, -0.1) is 0 Å². The second-order valence-corrected chi connectivity index (χ2v) is 6.58. The first-order chi connectivity index (χ1) is 12.6. The lowest BCUT2D eigenvalue weighted by Crippen LogP contribution is -2.44. The Kier molecular flexibility index (Phi) is 5.93. The van der Waals surface area contributed by atoms with E-state index in [4.69, 9.17) is 22.1 Å². The molecule has 3 rings (SSSR count). The Balaban J connectivity index is 1.93. The summed E-state index contributed by atoms with van der Waals surface area (Å²) in [7, 11) is 1.52. The van der Waals surface area contributed by atoms with E-state index in [1.807, 2.05) is 48.7 Å². The number of amides is 1. The van der Waals surface area contributed by atoms with E-state index in [2.05, 4.69) is 16.4 Å². The van der Waals surface area contributed by atoms with Crippen LogP contribution in [0.4, 0.5) is 0 Å². The maximum atomic E-state index is 12.2. The smallest absolute Gasteiger partial charge is 0.239 e. The number of carbonyl (C=O) groups excluding carboxylic acids is 1. The Hall–Kier alpha value is -2.34. The van der Waals surface area contributed by atoms with E-state index >= 15 is 0 Å². The van der Waals surface area contributed by atoms with Crippen LogP contribution in [-0.4, -0.2) is 37.2 Å². The Morgan fingerprint density at radius 3 is 2.69 bits per heavy atom. The average molecular weight is 372 g/mol. The third-order valence-electron chi connectivity index (χ3n) is 4.44. The van der Waals surface area contributed by atoms with Gasteiger partial charge in [-0.05, 0) is 23.3 Å². The molecule has 5 nitrogen and oxygen atoms in total. The van der Waals surface area contributed by atoms with Crippen molar-refractivity contribution in [3.05, 3.63) is 70.9 Å². The Morgan fingerprint density at radius 1 is 1.19 bits per heavy atom. The fourth-order valence-electron chi connectivity index (χ4n) is 3.12. The number of nitrogens with one attached hydrogen (secondary N) is 2. The molecule has 1 amide bonds. The molecular weight excluding hydrogens is 350 g/mol. The maximum Gasteiger partial charge on any atom is 0.239 e. The van der Waals surface area contributed by atoms with Crippen molar-refractivity contribution in [3.63, 3.8) is 0 Å². The van der Waals surface area contributed by atoms with Crippen LogP contribution < -0.4 is 11.1 Å². The molecule has 4 N–H and O–H groups in total. The summed E-state index contributed by atoms with van der Waals surface area (Å²) < 4.78 is 4.95. The predicted molar refractivity (Wildman–Crippen MR) is 104 cm³/mol. The molecule has 26 heavy (non-hydrogen) atoms. The van der Waals surface area contributed by atoms with E-state index in [9.17, 15) is 4.79 Å². The molecule has 2 atom stereocenters. The van der Waals surface area contributed by atoms with Crippen molar-refractivity contribution in [2.24, 2.45) is 5.73 Å². The van der Waals surface area contributed by atoms with Gasteiger partial charge in [-0.1, -0.05) is 48.0 Å². The minimum Gasteiger partial charge on any atom is -0.383 e. The van der Waals surface area contributed by atoms with Gasteiger partial charge in [0.2, 0.25) is 5.91 Å². The summed E-state index contributed by atoms with van der Waals surface area (Å²) in [6.07, 6.45) is 1.97. The first-order valence-corrected chi connectivity index (χ1v) is 8.82. The van der Waals surface area contributed by atoms with Crippen molar-refractivity contribution in [1.29, 1.82) is 0 Å². The van der Waals surface area contributed by atoms with Crippen LogP contribution in [0.1, 0.15) is 17.0 Å². The van der Waals surface area contributed by atoms with Crippen LogP contribution in [0.2, 0.25) is 5.02 Å². The van der Waals surface area contributed by atoms with Crippen LogP contribution in [0.5, 0.6) is 0 Å². The number of rotatable bonds is 7. The summed E-state index contributed by atoms with van der Waals surface area (Å²) in [4.78, 5) is 15.5. The number of benzene rings is 2. The van der Waals surface area contributed by atoms with Gasteiger partial charge in [-0.3, -0.25) is 4.79 Å². The summed E-state index contributed by atoms with van der Waals surface area (Å²) >= 11 is 6.45. The number of carbonyl (C=O) groups is 1. The Labute approximate surface area is 157 Å². The minimum atomic E-state index is -0.699. The lowest BCUT2D eigenvalue weighted by molar-refractivity contribution is -0.123. The van der Waals surface area contributed by atoms with Gasteiger partial charge in [-0.2, -0.15) is 0 Å². The van der Waals surface area contributed by atoms with Gasteiger partial charge in [0.15, 0.2) is 0 Å². The van der Waals surface area contributed by atoms with Gasteiger partial charge in [-0.25, -0.2) is 0 Å². The van der Waals surface area contributed by atoms with Crippen molar-refractivity contribution < 1.29 is 9.53 Å². The summed E-state index contributed by atoms with van der Waals surface area (Å²) in [5.41, 5.74) is 8.90. The molecule has 136 valence electrons. The van der Waals surface area contributed by atoms with E-state index in [1.165, 1.54) is 7.11 Å². The summed E-state index contributed by atoms with van der Waals surface area (Å²) in [6.45, 7) is 0.567. The van der Waals surface area contributed by atoms with Crippen molar-refractivity contribution in [1.82, 2.24) is 10.3 Å². The van der Waals surface area contributed by atoms with Gasteiger partial charge >= 0.3 is 0 Å². The van der Waals surface area contributed by atoms with Crippen LogP contribution in [0.25, 0.3) is 10.9 Å². The molecule has 2 aromatic carbocycles. The highest BCUT2D eigenvalue weighted by molar-refractivity contribution is 6.31. The second-order valence-electron chi connectivity index (χ2n) is 6.17. The fraction of sp³-hybridized carbons (Fsp3) is 0.250. The zero-order valence-electron chi connectivity index (χ0n) is 14.5. The van der Waals surface area contributed by atoms with Crippen molar-refractivity contribution in [3.8, 4) is 0 Å². The number of nitrogens with two attached hydrogens (primary N) is 1. The number of para-hydroxylation sites is 1. The van der Waals surface area contributed by atoms with E-state index in [1.54, 1.807) is 0 Å². The number of halogens is 1. The number of hydrogen-bond donors (Lipinski definition) is 3. The summed E-state index contributed by atoms with van der Waals surface area (Å²) in [5.74, 6) is -0.345. The lowest BCUT2D eigenvalue weighted by atomic mass is 9.90. The van der Waals surface area contributed by atoms with Crippen molar-refractivity contribution >= 4 is 28.4 Å². The van der Waals surface area contributed by atoms with Crippen LogP contribution in [-0.2, 0) is 9.53 Å². The molecule has 6 heteroatoms. The zero-order chi connectivity index (χ0) is 18.5. The third-order valence-corrected chi connectivity index (χ3v) is 4.78. The highest BCUT2D eigenvalue weighted by atomic mass is 35.5. The van der Waals surface area contributed by atoms with E-state index < -0.39 is 6.04 Å². The van der Waals surface area contributed by atoms with Crippen LogP contribution in [0.15, 0.2) is 54.7 Å². The van der Waals surface area contributed by atoms with Gasteiger partial charge in [0.25, 0.3) is 0 Å². The molecule has 2 unspecified atom stereocenters. The molecule has 0 spiro atoms.